The molecule has 0 N–H and O–H groups in total. The highest BCUT2D eigenvalue weighted by Gasteiger charge is 2.09. The Morgan fingerprint density at radius 1 is 1.18 bits per heavy atom. The molecule has 0 aliphatic rings. The second-order valence-corrected chi connectivity index (χ2v) is 3.97. The van der Waals surface area contributed by atoms with Crippen molar-refractivity contribution in [3.63, 3.8) is 0 Å². The summed E-state index contributed by atoms with van der Waals surface area (Å²) < 4.78 is 5.37. The van der Waals surface area contributed by atoms with E-state index in [0.29, 0.717) is 11.1 Å². The third kappa shape index (κ3) is 1.56. The quantitative estimate of drug-likeness (QED) is 0.669. The van der Waals surface area contributed by atoms with Gasteiger partial charge in [-0.1, -0.05) is 30.3 Å². The number of hydrogen-bond donors (Lipinski definition) is 0. The molecule has 2 aromatic carbocycles. The minimum atomic E-state index is -1.10. The number of aliphatic carboxylic acids is 1. The second-order valence-electron chi connectivity index (χ2n) is 3.97. The van der Waals surface area contributed by atoms with Crippen LogP contribution in [0.15, 0.2) is 47.1 Å². The normalized spacial score (nSPS) is 11.1. The van der Waals surface area contributed by atoms with Gasteiger partial charge in [0.2, 0.25) is 0 Å². The first-order chi connectivity index (χ1) is 8.25. The Bertz CT molecular complexity index is 710. The van der Waals surface area contributed by atoms with E-state index >= 15 is 0 Å². The summed E-state index contributed by atoms with van der Waals surface area (Å²) >= 11 is 0. The first kappa shape index (κ1) is 9.90. The number of furan rings is 1. The number of carboxylic acids is 1. The molecule has 3 rings (SSSR count). The lowest BCUT2D eigenvalue weighted by atomic mass is 10.0. The summed E-state index contributed by atoms with van der Waals surface area (Å²) in [4.78, 5) is 10.7. The standard InChI is InChI=1S/C14H10O3/c15-13(16)7-10-8-17-12-6-5-9-3-1-2-4-11(9)14(10)12/h1-6,8H,7H2,(H,15,16)/p-1. The zero-order valence-corrected chi connectivity index (χ0v) is 8.97. The number of hydrogen-bond acceptors (Lipinski definition) is 3. The van der Waals surface area contributed by atoms with Gasteiger partial charge in [-0.2, -0.15) is 0 Å². The van der Waals surface area contributed by atoms with Gasteiger partial charge in [0.1, 0.15) is 5.58 Å². The first-order valence-electron chi connectivity index (χ1n) is 5.33. The maximum absolute atomic E-state index is 10.7. The van der Waals surface area contributed by atoms with Crippen molar-refractivity contribution in [2.45, 2.75) is 6.42 Å². The Morgan fingerprint density at radius 3 is 2.82 bits per heavy atom. The molecule has 0 saturated heterocycles. The minimum Gasteiger partial charge on any atom is -0.550 e. The Kier molecular flexibility index (Phi) is 2.11. The topological polar surface area (TPSA) is 53.3 Å². The van der Waals surface area contributed by atoms with Crippen LogP contribution in [-0.4, -0.2) is 5.97 Å². The zero-order valence-electron chi connectivity index (χ0n) is 8.97. The van der Waals surface area contributed by atoms with Crippen LogP contribution in [0, 0.1) is 0 Å². The van der Waals surface area contributed by atoms with Crippen molar-refractivity contribution in [1.29, 1.82) is 0 Å². The lowest BCUT2D eigenvalue weighted by Gasteiger charge is -2.02. The number of carbonyl (C=O) groups is 1. The van der Waals surface area contributed by atoms with Gasteiger partial charge in [0.25, 0.3) is 0 Å². The van der Waals surface area contributed by atoms with E-state index in [1.807, 2.05) is 36.4 Å². The predicted molar refractivity (Wildman–Crippen MR) is 62.4 cm³/mol. The Labute approximate surface area is 97.3 Å². The molecule has 0 aliphatic heterocycles. The van der Waals surface area contributed by atoms with Crippen LogP contribution in [0.25, 0.3) is 21.7 Å². The lowest BCUT2D eigenvalue weighted by Crippen LogP contribution is -2.24. The number of benzene rings is 2. The highest BCUT2D eigenvalue weighted by molar-refractivity contribution is 6.08. The Hall–Kier alpha value is -2.29. The van der Waals surface area contributed by atoms with Gasteiger partial charge >= 0.3 is 0 Å². The number of carboxylic acid groups (broad SMARTS) is 1. The van der Waals surface area contributed by atoms with Crippen LogP contribution in [0.3, 0.4) is 0 Å². The molecule has 0 radical (unpaired) electrons. The maximum atomic E-state index is 10.7. The van der Waals surface area contributed by atoms with E-state index in [4.69, 9.17) is 4.42 Å². The van der Waals surface area contributed by atoms with Gasteiger partial charge in [0.15, 0.2) is 0 Å². The van der Waals surface area contributed by atoms with Crippen molar-refractivity contribution in [2.75, 3.05) is 0 Å². The monoisotopic (exact) mass is 225 g/mol. The van der Waals surface area contributed by atoms with E-state index in [2.05, 4.69) is 0 Å². The highest BCUT2D eigenvalue weighted by atomic mass is 16.4. The van der Waals surface area contributed by atoms with Crippen LogP contribution in [0.2, 0.25) is 0 Å². The fourth-order valence-electron chi connectivity index (χ4n) is 2.16. The van der Waals surface area contributed by atoms with Crippen LogP contribution in [0.5, 0.6) is 0 Å². The fraction of sp³-hybridized carbons (Fsp3) is 0.0714. The molecule has 0 saturated carbocycles. The maximum Gasteiger partial charge on any atom is 0.134 e. The molecule has 0 spiro atoms. The number of carbonyl (C=O) groups excluding carboxylic acids is 1. The average molecular weight is 225 g/mol. The van der Waals surface area contributed by atoms with Crippen LogP contribution < -0.4 is 5.11 Å². The van der Waals surface area contributed by atoms with Crippen molar-refractivity contribution in [2.24, 2.45) is 0 Å². The Balaban J connectivity index is 2.38. The molecular formula is C14H9O3-. The van der Waals surface area contributed by atoms with Gasteiger partial charge in [-0.3, -0.25) is 0 Å². The van der Waals surface area contributed by atoms with Gasteiger partial charge in [-0.25, -0.2) is 0 Å². The molecule has 3 heteroatoms. The molecule has 3 aromatic rings. The van der Waals surface area contributed by atoms with Crippen LogP contribution in [-0.2, 0) is 11.2 Å². The molecule has 1 aromatic heterocycles. The SMILES string of the molecule is O=C([O-])Cc1coc2ccc3ccccc3c12. The van der Waals surface area contributed by atoms with Crippen LogP contribution in [0.1, 0.15) is 5.56 Å². The van der Waals surface area contributed by atoms with Gasteiger partial charge in [-0.05, 0) is 16.8 Å². The van der Waals surface area contributed by atoms with E-state index < -0.39 is 5.97 Å². The number of fused-ring (bicyclic) bond motifs is 3. The Morgan fingerprint density at radius 2 is 2.00 bits per heavy atom. The molecule has 0 unspecified atom stereocenters. The molecule has 0 atom stereocenters. The van der Waals surface area contributed by atoms with Gasteiger partial charge in [0.05, 0.1) is 6.26 Å². The van der Waals surface area contributed by atoms with Crippen molar-refractivity contribution >= 4 is 27.7 Å². The van der Waals surface area contributed by atoms with Crippen LogP contribution >= 0.6 is 0 Å². The fourth-order valence-corrected chi connectivity index (χ4v) is 2.16. The van der Waals surface area contributed by atoms with Gasteiger partial charge in [-0.15, -0.1) is 0 Å². The first-order valence-corrected chi connectivity index (χ1v) is 5.33. The van der Waals surface area contributed by atoms with E-state index in [1.165, 1.54) is 6.26 Å². The summed E-state index contributed by atoms with van der Waals surface area (Å²) in [6.07, 6.45) is 1.37. The summed E-state index contributed by atoms with van der Waals surface area (Å²) in [5.74, 6) is -1.10. The largest absolute Gasteiger partial charge is 0.550 e. The molecule has 0 amide bonds. The van der Waals surface area contributed by atoms with Crippen LogP contribution in [0.4, 0.5) is 0 Å². The average Bonchev–Trinajstić information content (AvgIpc) is 2.72. The molecular weight excluding hydrogens is 216 g/mol. The number of rotatable bonds is 2. The van der Waals surface area contributed by atoms with E-state index in [1.54, 1.807) is 0 Å². The van der Waals surface area contributed by atoms with Crippen molar-refractivity contribution in [3.05, 3.63) is 48.2 Å². The molecule has 1 heterocycles. The summed E-state index contributed by atoms with van der Waals surface area (Å²) in [6.45, 7) is 0. The minimum absolute atomic E-state index is 0.124. The van der Waals surface area contributed by atoms with Gasteiger partial charge in [0, 0.05) is 23.3 Å². The predicted octanol–water partition coefficient (Wildman–Crippen LogP) is 1.88. The summed E-state index contributed by atoms with van der Waals surface area (Å²) in [7, 11) is 0. The molecule has 17 heavy (non-hydrogen) atoms. The molecule has 3 nitrogen and oxygen atoms in total. The molecule has 84 valence electrons. The second kappa shape index (κ2) is 3.63. The zero-order chi connectivity index (χ0) is 11.8. The molecule has 0 fully saturated rings. The molecule has 0 bridgehead atoms. The highest BCUT2D eigenvalue weighted by Crippen LogP contribution is 2.29. The van der Waals surface area contributed by atoms with Gasteiger partial charge < -0.3 is 14.3 Å². The lowest BCUT2D eigenvalue weighted by molar-refractivity contribution is -0.304. The van der Waals surface area contributed by atoms with E-state index in [9.17, 15) is 9.90 Å². The van der Waals surface area contributed by atoms with E-state index in [0.717, 1.165) is 16.2 Å². The third-order valence-corrected chi connectivity index (χ3v) is 2.87. The van der Waals surface area contributed by atoms with Crippen molar-refractivity contribution in [3.8, 4) is 0 Å². The third-order valence-electron chi connectivity index (χ3n) is 2.87. The van der Waals surface area contributed by atoms with Crippen molar-refractivity contribution in [1.82, 2.24) is 0 Å². The van der Waals surface area contributed by atoms with Crippen molar-refractivity contribution < 1.29 is 14.3 Å². The molecule has 0 aliphatic carbocycles. The smallest absolute Gasteiger partial charge is 0.134 e. The van der Waals surface area contributed by atoms with E-state index in [-0.39, 0.29) is 6.42 Å². The summed E-state index contributed by atoms with van der Waals surface area (Å²) in [5.41, 5.74) is 1.37. The summed E-state index contributed by atoms with van der Waals surface area (Å²) in [6, 6.07) is 11.7. The summed E-state index contributed by atoms with van der Waals surface area (Å²) in [5, 5.41) is 13.6.